The van der Waals surface area contributed by atoms with Crippen molar-refractivity contribution in [1.29, 1.82) is 0 Å². The molecule has 1 N–H and O–H groups in total. The normalized spacial score (nSPS) is 11.7. The molecule has 0 unspecified atom stereocenters. The molecule has 0 radical (unpaired) electrons. The smallest absolute Gasteiger partial charge is 0.266 e. The maximum absolute atomic E-state index is 12.2. The zero-order chi connectivity index (χ0) is 16.8. The van der Waals surface area contributed by atoms with E-state index < -0.39 is 6.10 Å². The number of nitrogens with one attached hydrogen (secondary N) is 1. The van der Waals surface area contributed by atoms with Crippen LogP contribution in [-0.4, -0.2) is 17.0 Å². The number of nitrogens with zero attached hydrogens (tertiary/aromatic N) is 1. The van der Waals surface area contributed by atoms with E-state index >= 15 is 0 Å². The number of aromatic nitrogens is 1. The molecule has 2 aromatic carbocycles. The van der Waals surface area contributed by atoms with Crippen LogP contribution < -0.4 is 10.1 Å². The summed E-state index contributed by atoms with van der Waals surface area (Å²) in [6, 6.07) is 19.5. The molecule has 3 aromatic rings. The summed E-state index contributed by atoms with van der Waals surface area (Å²) in [6.07, 6.45) is 2.02. The number of anilines is 1. The van der Waals surface area contributed by atoms with Gasteiger partial charge in [-0.3, -0.25) is 10.1 Å². The van der Waals surface area contributed by atoms with E-state index in [1.165, 1.54) is 16.9 Å². The monoisotopic (exact) mass is 338 g/mol. The molecule has 1 amide bonds. The van der Waals surface area contributed by atoms with E-state index in [1.54, 1.807) is 13.1 Å². The summed E-state index contributed by atoms with van der Waals surface area (Å²) in [4.78, 5) is 17.6. The highest BCUT2D eigenvalue weighted by Gasteiger charge is 2.16. The minimum atomic E-state index is -0.589. The van der Waals surface area contributed by atoms with Crippen LogP contribution in [0.25, 0.3) is 0 Å². The predicted octanol–water partition coefficient (Wildman–Crippen LogP) is 4.14. The van der Waals surface area contributed by atoms with Gasteiger partial charge in [0.1, 0.15) is 5.75 Å². The van der Waals surface area contributed by atoms with Crippen molar-refractivity contribution >= 4 is 22.4 Å². The lowest BCUT2D eigenvalue weighted by molar-refractivity contribution is -0.122. The molecule has 0 aliphatic heterocycles. The Morgan fingerprint density at radius 3 is 2.50 bits per heavy atom. The largest absolute Gasteiger partial charge is 0.481 e. The minimum Gasteiger partial charge on any atom is -0.481 e. The molecular formula is C19H18N2O2S. The van der Waals surface area contributed by atoms with E-state index in [2.05, 4.69) is 22.4 Å². The molecule has 0 aliphatic carbocycles. The Hall–Kier alpha value is -2.66. The second-order valence-corrected chi connectivity index (χ2v) is 6.47. The fourth-order valence-electron chi connectivity index (χ4n) is 2.21. The van der Waals surface area contributed by atoms with Gasteiger partial charge in [0.25, 0.3) is 5.91 Å². The second-order valence-electron chi connectivity index (χ2n) is 5.36. The van der Waals surface area contributed by atoms with Crippen LogP contribution in [0.1, 0.15) is 17.4 Å². The molecule has 0 fully saturated rings. The summed E-state index contributed by atoms with van der Waals surface area (Å²) in [5.74, 6) is 0.462. The van der Waals surface area contributed by atoms with Crippen LogP contribution in [0.2, 0.25) is 0 Å². The fourth-order valence-corrected chi connectivity index (χ4v) is 3.06. The van der Waals surface area contributed by atoms with Crippen molar-refractivity contribution in [3.8, 4) is 5.75 Å². The van der Waals surface area contributed by atoms with Crippen molar-refractivity contribution in [1.82, 2.24) is 4.98 Å². The Balaban J connectivity index is 1.57. The van der Waals surface area contributed by atoms with Crippen molar-refractivity contribution in [3.05, 3.63) is 77.3 Å². The van der Waals surface area contributed by atoms with Gasteiger partial charge in [0.05, 0.1) is 0 Å². The van der Waals surface area contributed by atoms with Gasteiger partial charge in [0.15, 0.2) is 11.2 Å². The topological polar surface area (TPSA) is 51.2 Å². The van der Waals surface area contributed by atoms with Gasteiger partial charge in [-0.25, -0.2) is 4.98 Å². The lowest BCUT2D eigenvalue weighted by Gasteiger charge is -2.13. The third-order valence-electron chi connectivity index (χ3n) is 3.43. The molecule has 5 heteroatoms. The Morgan fingerprint density at radius 1 is 1.12 bits per heavy atom. The third kappa shape index (κ3) is 4.43. The third-order valence-corrected chi connectivity index (χ3v) is 4.34. The number of hydrogen-bond donors (Lipinski definition) is 1. The molecule has 0 aliphatic rings. The summed E-state index contributed by atoms with van der Waals surface area (Å²) in [6.45, 7) is 1.72. The highest BCUT2D eigenvalue weighted by Crippen LogP contribution is 2.21. The first-order chi connectivity index (χ1) is 11.7. The molecule has 0 saturated carbocycles. The van der Waals surface area contributed by atoms with E-state index in [0.717, 1.165) is 11.3 Å². The van der Waals surface area contributed by atoms with Crippen LogP contribution >= 0.6 is 11.3 Å². The zero-order valence-electron chi connectivity index (χ0n) is 13.3. The number of carbonyl (C=O) groups excluding carboxylic acids is 1. The van der Waals surface area contributed by atoms with Gasteiger partial charge in [-0.05, 0) is 24.6 Å². The summed E-state index contributed by atoms with van der Waals surface area (Å²) in [5.41, 5.74) is 1.22. The number of ether oxygens (including phenoxy) is 1. The van der Waals surface area contributed by atoms with Crippen LogP contribution in [0.4, 0.5) is 5.13 Å². The van der Waals surface area contributed by atoms with Gasteiger partial charge in [-0.2, -0.15) is 0 Å². The van der Waals surface area contributed by atoms with Crippen LogP contribution in [0.5, 0.6) is 5.75 Å². The molecule has 1 atom stereocenters. The first kappa shape index (κ1) is 16.2. The van der Waals surface area contributed by atoms with Gasteiger partial charge in [-0.15, -0.1) is 11.3 Å². The molecule has 0 saturated heterocycles. The maximum atomic E-state index is 12.2. The summed E-state index contributed by atoms with van der Waals surface area (Å²) in [7, 11) is 0. The van der Waals surface area contributed by atoms with Crippen LogP contribution in [0, 0.1) is 0 Å². The maximum Gasteiger partial charge on any atom is 0.266 e. The average Bonchev–Trinajstić information content (AvgIpc) is 3.03. The van der Waals surface area contributed by atoms with Gasteiger partial charge < -0.3 is 4.74 Å². The number of benzene rings is 2. The highest BCUT2D eigenvalue weighted by molar-refractivity contribution is 7.15. The van der Waals surface area contributed by atoms with Crippen LogP contribution in [0.15, 0.2) is 66.9 Å². The molecule has 0 spiro atoms. The summed E-state index contributed by atoms with van der Waals surface area (Å²) in [5, 5.41) is 3.40. The Kier molecular flexibility index (Phi) is 5.23. The number of carbonyl (C=O) groups is 1. The number of amides is 1. The van der Waals surface area contributed by atoms with E-state index in [-0.39, 0.29) is 5.91 Å². The van der Waals surface area contributed by atoms with E-state index in [4.69, 9.17) is 4.74 Å². The van der Waals surface area contributed by atoms with Crippen LogP contribution in [0.3, 0.4) is 0 Å². The molecule has 3 rings (SSSR count). The Morgan fingerprint density at radius 2 is 1.79 bits per heavy atom. The number of rotatable bonds is 6. The van der Waals surface area contributed by atoms with Crippen molar-refractivity contribution in [2.75, 3.05) is 5.32 Å². The number of hydrogen-bond acceptors (Lipinski definition) is 4. The van der Waals surface area contributed by atoms with E-state index in [1.807, 2.05) is 48.5 Å². The van der Waals surface area contributed by atoms with Gasteiger partial charge >= 0.3 is 0 Å². The van der Waals surface area contributed by atoms with E-state index in [9.17, 15) is 4.79 Å². The molecule has 1 aromatic heterocycles. The molecular weight excluding hydrogens is 320 g/mol. The minimum absolute atomic E-state index is 0.209. The van der Waals surface area contributed by atoms with Crippen LogP contribution in [-0.2, 0) is 11.2 Å². The van der Waals surface area contributed by atoms with Crippen molar-refractivity contribution in [2.24, 2.45) is 0 Å². The lowest BCUT2D eigenvalue weighted by atomic mass is 10.1. The average molecular weight is 338 g/mol. The van der Waals surface area contributed by atoms with Gasteiger partial charge in [-0.1, -0.05) is 48.5 Å². The van der Waals surface area contributed by atoms with Crippen molar-refractivity contribution < 1.29 is 9.53 Å². The van der Waals surface area contributed by atoms with E-state index in [0.29, 0.717) is 10.9 Å². The fraction of sp³-hybridized carbons (Fsp3) is 0.158. The molecule has 4 nitrogen and oxygen atoms in total. The first-order valence-electron chi connectivity index (χ1n) is 7.72. The molecule has 1 heterocycles. The Labute approximate surface area is 145 Å². The van der Waals surface area contributed by atoms with Crippen molar-refractivity contribution in [2.45, 2.75) is 19.4 Å². The summed E-state index contributed by atoms with van der Waals surface area (Å²) < 4.78 is 5.62. The standard InChI is InChI=1S/C19H18N2O2S/c1-14(23-16-10-6-3-7-11-16)18(22)21-19-20-13-17(24-19)12-15-8-4-2-5-9-15/h2-11,13-14H,12H2,1H3,(H,20,21,22)/t14-/m0/s1. The Bertz CT molecular complexity index is 787. The van der Waals surface area contributed by atoms with Crippen molar-refractivity contribution in [3.63, 3.8) is 0 Å². The number of thiazole rings is 1. The SMILES string of the molecule is C[C@H](Oc1ccccc1)C(=O)Nc1ncc(Cc2ccccc2)s1. The number of para-hydroxylation sites is 1. The lowest BCUT2D eigenvalue weighted by Crippen LogP contribution is -2.30. The molecule has 24 heavy (non-hydrogen) atoms. The van der Waals surface area contributed by atoms with Gasteiger partial charge in [0, 0.05) is 17.5 Å². The first-order valence-corrected chi connectivity index (χ1v) is 8.53. The predicted molar refractivity (Wildman–Crippen MR) is 96.5 cm³/mol. The molecule has 0 bridgehead atoms. The van der Waals surface area contributed by atoms with Gasteiger partial charge in [0.2, 0.25) is 0 Å². The highest BCUT2D eigenvalue weighted by atomic mass is 32.1. The zero-order valence-corrected chi connectivity index (χ0v) is 14.1. The second kappa shape index (κ2) is 7.75. The molecule has 122 valence electrons. The summed E-state index contributed by atoms with van der Waals surface area (Å²) >= 11 is 1.48. The quantitative estimate of drug-likeness (QED) is 0.735.